The summed E-state index contributed by atoms with van der Waals surface area (Å²) in [4.78, 5) is 3.08. The Kier molecular flexibility index (Phi) is 7.17. The van der Waals surface area contributed by atoms with Gasteiger partial charge in [-0.3, -0.25) is 4.90 Å². The molecule has 0 atom stereocenters. The Morgan fingerprint density at radius 1 is 0.400 bits per heavy atom. The van der Waals surface area contributed by atoms with Crippen LogP contribution in [-0.2, 0) is 0 Å². The monoisotopic (exact) mass is 299 g/mol. The third-order valence-electron chi connectivity index (χ3n) is 5.99. The fraction of sp³-hybridized carbons (Fsp3) is 1.00. The van der Waals surface area contributed by atoms with Crippen LogP contribution in [0.4, 0.5) is 0 Å². The van der Waals surface area contributed by atoms with Gasteiger partial charge in [0, 0.05) is 18.1 Å². The van der Waals surface area contributed by atoms with Crippen LogP contribution in [0.15, 0.2) is 0 Å². The van der Waals surface area contributed by atoms with Gasteiger partial charge in [-0.25, -0.2) is 0 Å². The first-order chi connectivity index (χ1) is 9.45. The van der Waals surface area contributed by atoms with Crippen LogP contribution in [-0.4, -0.2) is 23.0 Å². The second-order valence-electron chi connectivity index (χ2n) is 7.32. The van der Waals surface area contributed by atoms with Crippen LogP contribution >= 0.6 is 12.4 Å². The lowest BCUT2D eigenvalue weighted by atomic mass is 9.84. The molecular formula is C18H34ClN. The predicted octanol–water partition coefficient (Wildman–Crippen LogP) is 5.71. The molecule has 1 nitrogen and oxygen atoms in total. The number of nitrogens with zero attached hydrogens (tertiary/aromatic N) is 1. The number of halogens is 1. The smallest absolute Gasteiger partial charge is 0.0101 e. The summed E-state index contributed by atoms with van der Waals surface area (Å²) in [6.45, 7) is 0. The Hall–Kier alpha value is 0.250. The van der Waals surface area contributed by atoms with Gasteiger partial charge < -0.3 is 0 Å². The summed E-state index contributed by atoms with van der Waals surface area (Å²) in [7, 11) is 0. The van der Waals surface area contributed by atoms with E-state index in [2.05, 4.69) is 4.90 Å². The highest BCUT2D eigenvalue weighted by Gasteiger charge is 2.34. The van der Waals surface area contributed by atoms with Gasteiger partial charge in [0.25, 0.3) is 0 Å². The topological polar surface area (TPSA) is 3.24 Å². The van der Waals surface area contributed by atoms with Crippen LogP contribution in [0.5, 0.6) is 0 Å². The molecule has 0 bridgehead atoms. The van der Waals surface area contributed by atoms with E-state index in [-0.39, 0.29) is 12.4 Å². The van der Waals surface area contributed by atoms with Crippen molar-refractivity contribution in [3.8, 4) is 0 Å². The zero-order valence-corrected chi connectivity index (χ0v) is 14.0. The Morgan fingerprint density at radius 3 is 0.900 bits per heavy atom. The van der Waals surface area contributed by atoms with Gasteiger partial charge >= 0.3 is 0 Å². The zero-order chi connectivity index (χ0) is 12.9. The maximum atomic E-state index is 3.08. The Balaban J connectivity index is 0.00000147. The molecule has 3 rings (SSSR count). The molecule has 0 N–H and O–H groups in total. The number of rotatable bonds is 3. The fourth-order valence-corrected chi connectivity index (χ4v) is 5.03. The summed E-state index contributed by atoms with van der Waals surface area (Å²) in [5.41, 5.74) is 0. The molecule has 3 aliphatic carbocycles. The van der Waals surface area contributed by atoms with Gasteiger partial charge in [0.2, 0.25) is 0 Å². The summed E-state index contributed by atoms with van der Waals surface area (Å²) in [5.74, 6) is 0. The quantitative estimate of drug-likeness (QED) is 0.645. The van der Waals surface area contributed by atoms with E-state index in [9.17, 15) is 0 Å². The Bertz CT molecular complexity index is 207. The number of hydrogen-bond acceptors (Lipinski definition) is 1. The van der Waals surface area contributed by atoms with Crippen molar-refractivity contribution in [3.05, 3.63) is 0 Å². The second kappa shape index (κ2) is 8.63. The highest BCUT2D eigenvalue weighted by atomic mass is 35.5. The zero-order valence-electron chi connectivity index (χ0n) is 13.2. The standard InChI is InChI=1S/C18H33N.ClH/c1-4-10-16(11-5-1)19(17-12-6-2-7-13-17)18-14-8-3-9-15-18;/h16-18H,1-15H2;1H. The first-order valence-corrected chi connectivity index (χ1v) is 9.22. The summed E-state index contributed by atoms with van der Waals surface area (Å²) in [6, 6.07) is 2.87. The van der Waals surface area contributed by atoms with E-state index in [0.717, 1.165) is 18.1 Å². The Morgan fingerprint density at radius 2 is 0.650 bits per heavy atom. The second-order valence-corrected chi connectivity index (χ2v) is 7.32. The SMILES string of the molecule is C1CCC(N(C2CCCCC2)C2CCCCC2)CC1.Cl. The molecule has 0 spiro atoms. The molecule has 0 aromatic rings. The highest BCUT2D eigenvalue weighted by Crippen LogP contribution is 2.35. The summed E-state index contributed by atoms with van der Waals surface area (Å²) in [6.07, 6.45) is 22.5. The third-order valence-corrected chi connectivity index (χ3v) is 5.99. The van der Waals surface area contributed by atoms with Crippen LogP contribution < -0.4 is 0 Å². The normalized spacial score (nSPS) is 27.4. The summed E-state index contributed by atoms with van der Waals surface area (Å²) >= 11 is 0. The first kappa shape index (κ1) is 16.6. The summed E-state index contributed by atoms with van der Waals surface area (Å²) < 4.78 is 0. The Labute approximate surface area is 132 Å². The van der Waals surface area contributed by atoms with Gasteiger partial charge in [0.15, 0.2) is 0 Å². The van der Waals surface area contributed by atoms with Crippen LogP contribution in [0.3, 0.4) is 0 Å². The first-order valence-electron chi connectivity index (χ1n) is 9.22. The van der Waals surface area contributed by atoms with E-state index < -0.39 is 0 Å². The van der Waals surface area contributed by atoms with Crippen LogP contribution in [0.2, 0.25) is 0 Å². The average molecular weight is 300 g/mol. The van der Waals surface area contributed by atoms with Crippen molar-refractivity contribution in [3.63, 3.8) is 0 Å². The lowest BCUT2D eigenvalue weighted by Crippen LogP contribution is -2.51. The molecule has 0 aromatic heterocycles. The van der Waals surface area contributed by atoms with Gasteiger partial charge in [-0.15, -0.1) is 12.4 Å². The van der Waals surface area contributed by atoms with Gasteiger partial charge in [0.1, 0.15) is 0 Å². The summed E-state index contributed by atoms with van der Waals surface area (Å²) in [5, 5.41) is 0. The molecule has 0 radical (unpaired) electrons. The van der Waals surface area contributed by atoms with Crippen LogP contribution in [0, 0.1) is 0 Å². The minimum Gasteiger partial charge on any atom is -0.294 e. The van der Waals surface area contributed by atoms with Crippen molar-refractivity contribution in [2.24, 2.45) is 0 Å². The van der Waals surface area contributed by atoms with Crippen molar-refractivity contribution >= 4 is 12.4 Å². The molecule has 3 aliphatic rings. The molecule has 118 valence electrons. The molecule has 0 heterocycles. The third kappa shape index (κ3) is 4.13. The molecule has 3 saturated carbocycles. The van der Waals surface area contributed by atoms with E-state index >= 15 is 0 Å². The predicted molar refractivity (Wildman–Crippen MR) is 89.7 cm³/mol. The van der Waals surface area contributed by atoms with Gasteiger partial charge in [-0.2, -0.15) is 0 Å². The minimum atomic E-state index is 0. The molecule has 2 heteroatoms. The molecular weight excluding hydrogens is 266 g/mol. The van der Waals surface area contributed by atoms with Crippen molar-refractivity contribution in [2.45, 2.75) is 114 Å². The molecule has 0 aliphatic heterocycles. The van der Waals surface area contributed by atoms with Crippen molar-refractivity contribution < 1.29 is 0 Å². The van der Waals surface area contributed by atoms with E-state index in [1.54, 1.807) is 0 Å². The van der Waals surface area contributed by atoms with Gasteiger partial charge in [-0.05, 0) is 38.5 Å². The lowest BCUT2D eigenvalue weighted by Gasteiger charge is -2.47. The maximum Gasteiger partial charge on any atom is 0.0101 e. The van der Waals surface area contributed by atoms with E-state index in [1.807, 2.05) is 0 Å². The highest BCUT2D eigenvalue weighted by molar-refractivity contribution is 5.85. The maximum absolute atomic E-state index is 3.08. The van der Waals surface area contributed by atoms with Crippen LogP contribution in [0.25, 0.3) is 0 Å². The minimum absolute atomic E-state index is 0. The fourth-order valence-electron chi connectivity index (χ4n) is 5.03. The number of hydrogen-bond donors (Lipinski definition) is 0. The average Bonchev–Trinajstić information content (AvgIpc) is 2.51. The van der Waals surface area contributed by atoms with Gasteiger partial charge in [-0.1, -0.05) is 57.8 Å². The molecule has 3 fully saturated rings. The largest absolute Gasteiger partial charge is 0.294 e. The molecule has 0 saturated heterocycles. The molecule has 20 heavy (non-hydrogen) atoms. The van der Waals surface area contributed by atoms with Gasteiger partial charge in [0.05, 0.1) is 0 Å². The van der Waals surface area contributed by atoms with E-state index in [1.165, 1.54) is 96.3 Å². The van der Waals surface area contributed by atoms with Crippen molar-refractivity contribution in [1.29, 1.82) is 0 Å². The van der Waals surface area contributed by atoms with E-state index in [4.69, 9.17) is 0 Å². The van der Waals surface area contributed by atoms with Crippen molar-refractivity contribution in [2.75, 3.05) is 0 Å². The molecule has 0 amide bonds. The molecule has 0 unspecified atom stereocenters. The van der Waals surface area contributed by atoms with Crippen LogP contribution in [0.1, 0.15) is 96.3 Å². The van der Waals surface area contributed by atoms with E-state index in [0.29, 0.717) is 0 Å². The molecule has 0 aromatic carbocycles. The lowest BCUT2D eigenvalue weighted by molar-refractivity contribution is 0.0221. The van der Waals surface area contributed by atoms with Crippen molar-refractivity contribution in [1.82, 2.24) is 4.90 Å².